The second-order valence-electron chi connectivity index (χ2n) is 8.01. The summed E-state index contributed by atoms with van der Waals surface area (Å²) in [7, 11) is 5.60. The van der Waals surface area contributed by atoms with Gasteiger partial charge < -0.3 is 19.0 Å². The van der Waals surface area contributed by atoms with Crippen molar-refractivity contribution in [3.05, 3.63) is 75.1 Å². The van der Waals surface area contributed by atoms with Gasteiger partial charge in [-0.3, -0.25) is 9.59 Å². The number of amides is 1. The normalized spacial score (nSPS) is 15.8. The molecule has 0 saturated carbocycles. The van der Waals surface area contributed by atoms with Gasteiger partial charge >= 0.3 is 0 Å². The number of rotatable bonds is 6. The van der Waals surface area contributed by atoms with Crippen LogP contribution in [-0.2, 0) is 0 Å². The minimum atomic E-state index is -0.495. The fraction of sp³-hybridized carbons (Fsp3) is 0.333. The van der Waals surface area contributed by atoms with E-state index in [2.05, 4.69) is 4.90 Å². The minimum Gasteiger partial charge on any atom is -0.497 e. The van der Waals surface area contributed by atoms with Gasteiger partial charge in [0, 0.05) is 6.54 Å². The average molecular weight is 406 g/mol. The van der Waals surface area contributed by atoms with Crippen molar-refractivity contribution in [1.29, 1.82) is 0 Å². The minimum absolute atomic E-state index is 0.147. The number of benzene rings is 2. The van der Waals surface area contributed by atoms with Crippen molar-refractivity contribution in [1.82, 2.24) is 9.80 Å². The van der Waals surface area contributed by atoms with Crippen molar-refractivity contribution in [3.8, 4) is 5.75 Å². The summed E-state index contributed by atoms with van der Waals surface area (Å²) in [6, 6.07) is 12.5. The van der Waals surface area contributed by atoms with E-state index >= 15 is 0 Å². The number of carbonyl (C=O) groups is 1. The summed E-state index contributed by atoms with van der Waals surface area (Å²) < 4.78 is 11.4. The lowest BCUT2D eigenvalue weighted by Crippen LogP contribution is -2.32. The molecule has 1 amide bonds. The second-order valence-corrected chi connectivity index (χ2v) is 8.01. The van der Waals surface area contributed by atoms with E-state index < -0.39 is 6.04 Å². The predicted molar refractivity (Wildman–Crippen MR) is 116 cm³/mol. The number of carbonyl (C=O) groups excluding carboxylic acids is 1. The van der Waals surface area contributed by atoms with Crippen LogP contribution in [0.25, 0.3) is 11.0 Å². The van der Waals surface area contributed by atoms with E-state index in [0.717, 1.165) is 24.1 Å². The van der Waals surface area contributed by atoms with Gasteiger partial charge in [0.1, 0.15) is 11.3 Å². The first-order valence-corrected chi connectivity index (χ1v) is 10.1. The molecule has 1 unspecified atom stereocenters. The Morgan fingerprint density at radius 2 is 1.93 bits per heavy atom. The van der Waals surface area contributed by atoms with Gasteiger partial charge in [-0.15, -0.1) is 0 Å². The number of methoxy groups -OCH3 is 1. The van der Waals surface area contributed by atoms with Crippen LogP contribution >= 0.6 is 0 Å². The maximum Gasteiger partial charge on any atom is 0.290 e. The molecule has 1 atom stereocenters. The first-order chi connectivity index (χ1) is 14.4. The molecular formula is C24H26N2O4. The van der Waals surface area contributed by atoms with Crippen LogP contribution < -0.4 is 10.2 Å². The summed E-state index contributed by atoms with van der Waals surface area (Å²) in [6.45, 7) is 3.30. The highest BCUT2D eigenvalue weighted by Crippen LogP contribution is 2.39. The zero-order chi connectivity index (χ0) is 21.4. The lowest BCUT2D eigenvalue weighted by molar-refractivity contribution is 0.0722. The fourth-order valence-electron chi connectivity index (χ4n) is 4.08. The molecule has 1 aliphatic rings. The Morgan fingerprint density at radius 1 is 1.13 bits per heavy atom. The molecule has 1 aromatic heterocycles. The maximum absolute atomic E-state index is 13.5. The van der Waals surface area contributed by atoms with Gasteiger partial charge in [-0.2, -0.15) is 0 Å². The largest absolute Gasteiger partial charge is 0.497 e. The summed E-state index contributed by atoms with van der Waals surface area (Å²) in [5, 5.41) is 0.504. The van der Waals surface area contributed by atoms with E-state index in [9.17, 15) is 9.59 Å². The quantitative estimate of drug-likeness (QED) is 0.626. The first-order valence-electron chi connectivity index (χ1n) is 10.1. The molecule has 0 fully saturated rings. The topological polar surface area (TPSA) is 63.0 Å². The third kappa shape index (κ3) is 3.48. The Labute approximate surface area is 175 Å². The molecular weight excluding hydrogens is 380 g/mol. The Balaban J connectivity index is 1.89. The molecule has 0 radical (unpaired) electrons. The van der Waals surface area contributed by atoms with Crippen LogP contribution in [0, 0.1) is 6.92 Å². The van der Waals surface area contributed by atoms with Crippen LogP contribution in [0.3, 0.4) is 0 Å². The van der Waals surface area contributed by atoms with Crippen LogP contribution in [0.1, 0.15) is 39.7 Å². The molecule has 4 rings (SSSR count). The Morgan fingerprint density at radius 3 is 2.67 bits per heavy atom. The monoisotopic (exact) mass is 406 g/mol. The van der Waals surface area contributed by atoms with Gasteiger partial charge in [0.25, 0.3) is 5.91 Å². The van der Waals surface area contributed by atoms with Crippen molar-refractivity contribution < 1.29 is 13.9 Å². The van der Waals surface area contributed by atoms with Gasteiger partial charge in [0.2, 0.25) is 5.76 Å². The molecule has 156 valence electrons. The van der Waals surface area contributed by atoms with E-state index in [1.807, 2.05) is 57.4 Å². The Hall–Kier alpha value is -3.12. The zero-order valence-electron chi connectivity index (χ0n) is 17.8. The summed E-state index contributed by atoms with van der Waals surface area (Å²) in [6.07, 6.45) is 0.792. The van der Waals surface area contributed by atoms with Gasteiger partial charge in [0.15, 0.2) is 5.43 Å². The van der Waals surface area contributed by atoms with Crippen molar-refractivity contribution in [2.24, 2.45) is 0 Å². The zero-order valence-corrected chi connectivity index (χ0v) is 17.8. The Kier molecular flexibility index (Phi) is 5.35. The molecule has 0 aliphatic carbocycles. The molecule has 1 aliphatic heterocycles. The third-order valence-corrected chi connectivity index (χ3v) is 5.54. The number of hydrogen-bond donors (Lipinski definition) is 0. The summed E-state index contributed by atoms with van der Waals surface area (Å²) in [5.41, 5.74) is 2.52. The van der Waals surface area contributed by atoms with Crippen molar-refractivity contribution in [3.63, 3.8) is 0 Å². The highest BCUT2D eigenvalue weighted by molar-refractivity contribution is 5.99. The number of nitrogens with zero attached hydrogens (tertiary/aromatic N) is 2. The van der Waals surface area contributed by atoms with Gasteiger partial charge in [-0.25, -0.2) is 0 Å². The van der Waals surface area contributed by atoms with E-state index in [0.29, 0.717) is 28.8 Å². The summed E-state index contributed by atoms with van der Waals surface area (Å²) >= 11 is 0. The maximum atomic E-state index is 13.5. The van der Waals surface area contributed by atoms with Crippen LogP contribution in [0.15, 0.2) is 51.7 Å². The lowest BCUT2D eigenvalue weighted by Gasteiger charge is -2.26. The smallest absolute Gasteiger partial charge is 0.290 e. The standard InChI is InChI=1S/C24H26N2O4/c1-15-9-10-19-18(13-15)22(27)20-21(16-7-5-8-17(14-16)29-4)26(12-6-11-25(2)3)24(28)23(20)30-19/h5,7-10,13-14,21H,6,11-12H2,1-4H3. The predicted octanol–water partition coefficient (Wildman–Crippen LogP) is 3.61. The average Bonchev–Trinajstić information content (AvgIpc) is 3.01. The molecule has 6 nitrogen and oxygen atoms in total. The second kappa shape index (κ2) is 7.95. The van der Waals surface area contributed by atoms with Gasteiger partial charge in [-0.05, 0) is 63.8 Å². The Bertz CT molecular complexity index is 1170. The van der Waals surface area contributed by atoms with Gasteiger partial charge in [0.05, 0.1) is 24.1 Å². The van der Waals surface area contributed by atoms with Crippen LogP contribution in [0.4, 0.5) is 0 Å². The van der Waals surface area contributed by atoms with Crippen LogP contribution in [0.2, 0.25) is 0 Å². The van der Waals surface area contributed by atoms with Gasteiger partial charge in [-0.1, -0.05) is 23.8 Å². The molecule has 0 N–H and O–H groups in total. The number of hydrogen-bond acceptors (Lipinski definition) is 5. The highest BCUT2D eigenvalue weighted by Gasteiger charge is 2.42. The van der Waals surface area contributed by atoms with E-state index in [1.54, 1.807) is 18.1 Å². The first kappa shape index (κ1) is 20.2. The number of ether oxygens (including phenoxy) is 1. The molecule has 3 aromatic rings. The fourth-order valence-corrected chi connectivity index (χ4v) is 4.08. The molecule has 30 heavy (non-hydrogen) atoms. The van der Waals surface area contributed by atoms with Crippen LogP contribution in [0.5, 0.6) is 5.75 Å². The van der Waals surface area contributed by atoms with E-state index in [1.165, 1.54) is 0 Å². The van der Waals surface area contributed by atoms with E-state index in [4.69, 9.17) is 9.15 Å². The van der Waals surface area contributed by atoms with Crippen LogP contribution in [-0.4, -0.2) is 50.0 Å². The molecule has 0 saturated heterocycles. The third-order valence-electron chi connectivity index (χ3n) is 5.54. The molecule has 2 heterocycles. The molecule has 6 heteroatoms. The number of fused-ring (bicyclic) bond motifs is 2. The van der Waals surface area contributed by atoms with Crippen molar-refractivity contribution in [2.45, 2.75) is 19.4 Å². The molecule has 0 spiro atoms. The van der Waals surface area contributed by atoms with E-state index in [-0.39, 0.29) is 17.1 Å². The molecule has 2 aromatic carbocycles. The SMILES string of the molecule is COc1cccc(C2c3c(oc4ccc(C)cc4c3=O)C(=O)N2CCCN(C)C)c1. The lowest BCUT2D eigenvalue weighted by atomic mass is 9.98. The summed E-state index contributed by atoms with van der Waals surface area (Å²) in [4.78, 5) is 30.7. The highest BCUT2D eigenvalue weighted by atomic mass is 16.5. The van der Waals surface area contributed by atoms with Crippen molar-refractivity contribution >= 4 is 16.9 Å². The van der Waals surface area contributed by atoms with Crippen molar-refractivity contribution in [2.75, 3.05) is 34.3 Å². The summed E-state index contributed by atoms with van der Waals surface area (Å²) in [5.74, 6) is 0.591. The molecule has 0 bridgehead atoms. The number of aryl methyl sites for hydroxylation is 1.